The van der Waals surface area contributed by atoms with Gasteiger partial charge in [-0.2, -0.15) is 0 Å². The van der Waals surface area contributed by atoms with Gasteiger partial charge in [-0.25, -0.2) is 5.01 Å². The van der Waals surface area contributed by atoms with E-state index >= 15 is 0 Å². The quantitative estimate of drug-likeness (QED) is 0.908. The standard InChI is InChI=1S/C17H18N4O2/c18-14-9-10-19-11-13(14)17(23)20-21-15(7-4-8-16(21)22)12-5-2-1-3-6-12/h1-3,5-6,9-11,15H,4,7-8H2,(H2,18,19)(H,20,23). The number of nitrogens with zero attached hydrogens (tertiary/aromatic N) is 2. The van der Waals surface area contributed by atoms with Crippen molar-refractivity contribution in [3.63, 3.8) is 0 Å². The Labute approximate surface area is 134 Å². The van der Waals surface area contributed by atoms with Crippen molar-refractivity contribution in [2.45, 2.75) is 25.3 Å². The number of hydrogen-bond donors (Lipinski definition) is 2. The highest BCUT2D eigenvalue weighted by Gasteiger charge is 2.31. The highest BCUT2D eigenvalue weighted by molar-refractivity contribution is 5.99. The Morgan fingerprint density at radius 3 is 2.78 bits per heavy atom. The molecule has 1 atom stereocenters. The van der Waals surface area contributed by atoms with Crippen LogP contribution in [0.2, 0.25) is 0 Å². The topological polar surface area (TPSA) is 88.3 Å². The highest BCUT2D eigenvalue weighted by Crippen LogP contribution is 2.30. The van der Waals surface area contributed by atoms with Crippen molar-refractivity contribution in [3.05, 3.63) is 59.9 Å². The van der Waals surface area contributed by atoms with Gasteiger partial charge < -0.3 is 5.73 Å². The molecule has 6 nitrogen and oxygen atoms in total. The number of nitrogens with one attached hydrogen (secondary N) is 1. The van der Waals surface area contributed by atoms with Crippen LogP contribution in [-0.4, -0.2) is 21.8 Å². The molecule has 1 aromatic carbocycles. The first-order valence-electron chi connectivity index (χ1n) is 7.54. The zero-order chi connectivity index (χ0) is 16.2. The first-order chi connectivity index (χ1) is 11.2. The van der Waals surface area contributed by atoms with Gasteiger partial charge in [0, 0.05) is 24.5 Å². The molecule has 0 saturated carbocycles. The van der Waals surface area contributed by atoms with E-state index in [2.05, 4.69) is 10.4 Å². The Hall–Kier alpha value is -2.89. The number of pyridine rings is 1. The van der Waals surface area contributed by atoms with Gasteiger partial charge in [-0.1, -0.05) is 30.3 Å². The number of carbonyl (C=O) groups excluding carboxylic acids is 2. The van der Waals surface area contributed by atoms with Crippen molar-refractivity contribution in [2.24, 2.45) is 0 Å². The van der Waals surface area contributed by atoms with E-state index in [1.807, 2.05) is 30.3 Å². The van der Waals surface area contributed by atoms with Crippen molar-refractivity contribution >= 4 is 17.5 Å². The van der Waals surface area contributed by atoms with Crippen LogP contribution in [-0.2, 0) is 4.79 Å². The Bertz CT molecular complexity index is 718. The molecular formula is C17H18N4O2. The zero-order valence-corrected chi connectivity index (χ0v) is 12.6. The number of benzene rings is 1. The summed E-state index contributed by atoms with van der Waals surface area (Å²) in [6.45, 7) is 0. The summed E-state index contributed by atoms with van der Waals surface area (Å²) in [6.07, 6.45) is 4.95. The number of anilines is 1. The molecule has 2 amide bonds. The minimum Gasteiger partial charge on any atom is -0.398 e. The fraction of sp³-hybridized carbons (Fsp3) is 0.235. The predicted octanol–water partition coefficient (Wildman–Crippen LogP) is 2.06. The van der Waals surface area contributed by atoms with Crippen LogP contribution in [0.15, 0.2) is 48.8 Å². The summed E-state index contributed by atoms with van der Waals surface area (Å²) in [5, 5.41) is 1.42. The van der Waals surface area contributed by atoms with Gasteiger partial charge in [0.05, 0.1) is 11.6 Å². The molecule has 118 valence electrons. The molecule has 1 aliphatic heterocycles. The van der Waals surface area contributed by atoms with Crippen molar-refractivity contribution in [2.75, 3.05) is 5.73 Å². The van der Waals surface area contributed by atoms with E-state index in [-0.39, 0.29) is 17.5 Å². The van der Waals surface area contributed by atoms with Crippen LogP contribution >= 0.6 is 0 Å². The Morgan fingerprint density at radius 2 is 2.04 bits per heavy atom. The van der Waals surface area contributed by atoms with Crippen molar-refractivity contribution < 1.29 is 9.59 Å². The lowest BCUT2D eigenvalue weighted by Gasteiger charge is -2.35. The molecule has 1 aliphatic rings. The Morgan fingerprint density at radius 1 is 1.26 bits per heavy atom. The smallest absolute Gasteiger partial charge is 0.273 e. The number of piperidine rings is 1. The largest absolute Gasteiger partial charge is 0.398 e. The summed E-state index contributed by atoms with van der Waals surface area (Å²) in [4.78, 5) is 28.6. The van der Waals surface area contributed by atoms with E-state index in [1.165, 1.54) is 17.4 Å². The third-order valence-corrected chi connectivity index (χ3v) is 3.95. The molecule has 0 radical (unpaired) electrons. The van der Waals surface area contributed by atoms with Crippen LogP contribution in [0.5, 0.6) is 0 Å². The lowest BCUT2D eigenvalue weighted by molar-refractivity contribution is -0.139. The number of hydrogen-bond acceptors (Lipinski definition) is 4. The normalized spacial score (nSPS) is 17.8. The fourth-order valence-electron chi connectivity index (χ4n) is 2.77. The number of hydrazine groups is 1. The monoisotopic (exact) mass is 310 g/mol. The van der Waals surface area contributed by atoms with Gasteiger partial charge in [0.1, 0.15) is 0 Å². The zero-order valence-electron chi connectivity index (χ0n) is 12.6. The highest BCUT2D eigenvalue weighted by atomic mass is 16.2. The van der Waals surface area contributed by atoms with Crippen LogP contribution in [0, 0.1) is 0 Å². The maximum atomic E-state index is 12.4. The molecular weight excluding hydrogens is 292 g/mol. The summed E-state index contributed by atoms with van der Waals surface area (Å²) in [5.41, 5.74) is 10.1. The lowest BCUT2D eigenvalue weighted by Crippen LogP contribution is -2.50. The van der Waals surface area contributed by atoms with Gasteiger partial charge in [-0.15, -0.1) is 0 Å². The van der Waals surface area contributed by atoms with Gasteiger partial charge in [-0.05, 0) is 24.5 Å². The van der Waals surface area contributed by atoms with Gasteiger partial charge in [0.2, 0.25) is 5.91 Å². The Balaban J connectivity index is 1.84. The predicted molar refractivity (Wildman–Crippen MR) is 86.0 cm³/mol. The van der Waals surface area contributed by atoms with Crippen LogP contribution in [0.1, 0.15) is 41.2 Å². The molecule has 6 heteroatoms. The second-order valence-electron chi connectivity index (χ2n) is 5.49. The maximum absolute atomic E-state index is 12.4. The van der Waals surface area contributed by atoms with Gasteiger partial charge in [0.25, 0.3) is 5.91 Å². The minimum atomic E-state index is -0.424. The number of amides is 2. The molecule has 23 heavy (non-hydrogen) atoms. The molecule has 1 unspecified atom stereocenters. The molecule has 3 rings (SSSR count). The van der Waals surface area contributed by atoms with E-state index in [0.29, 0.717) is 12.1 Å². The summed E-state index contributed by atoms with van der Waals surface area (Å²) in [5.74, 6) is -0.521. The maximum Gasteiger partial charge on any atom is 0.273 e. The molecule has 1 aromatic heterocycles. The number of rotatable bonds is 3. The average Bonchev–Trinajstić information content (AvgIpc) is 2.58. The SMILES string of the molecule is Nc1ccncc1C(=O)NN1C(=O)CCCC1c1ccccc1. The molecule has 1 saturated heterocycles. The van der Waals surface area contributed by atoms with Crippen LogP contribution in [0.3, 0.4) is 0 Å². The number of aromatic nitrogens is 1. The van der Waals surface area contributed by atoms with Gasteiger partial charge in [0.15, 0.2) is 0 Å². The van der Waals surface area contributed by atoms with Gasteiger partial charge >= 0.3 is 0 Å². The number of nitrogens with two attached hydrogens (primary N) is 1. The van der Waals surface area contributed by atoms with Crippen molar-refractivity contribution in [1.82, 2.24) is 15.4 Å². The first kappa shape index (κ1) is 15.0. The molecule has 1 fully saturated rings. The molecule has 0 bridgehead atoms. The summed E-state index contributed by atoms with van der Waals surface area (Å²) < 4.78 is 0. The van der Waals surface area contributed by atoms with Crippen LogP contribution in [0.4, 0.5) is 5.69 Å². The second kappa shape index (κ2) is 6.48. The van der Waals surface area contributed by atoms with E-state index < -0.39 is 5.91 Å². The Kier molecular flexibility index (Phi) is 4.23. The van der Waals surface area contributed by atoms with Gasteiger partial charge in [-0.3, -0.25) is 20.0 Å². The fourth-order valence-corrected chi connectivity index (χ4v) is 2.77. The molecule has 3 N–H and O–H groups in total. The average molecular weight is 310 g/mol. The second-order valence-corrected chi connectivity index (χ2v) is 5.49. The van der Waals surface area contributed by atoms with E-state index in [4.69, 9.17) is 5.73 Å². The van der Waals surface area contributed by atoms with Crippen molar-refractivity contribution in [3.8, 4) is 0 Å². The number of nitrogen functional groups attached to an aromatic ring is 1. The molecule has 2 heterocycles. The van der Waals surface area contributed by atoms with Crippen LogP contribution in [0.25, 0.3) is 0 Å². The lowest BCUT2D eigenvalue weighted by atomic mass is 9.96. The molecule has 0 aliphatic carbocycles. The van der Waals surface area contributed by atoms with Crippen LogP contribution < -0.4 is 11.2 Å². The molecule has 0 spiro atoms. The number of carbonyl (C=O) groups is 2. The first-order valence-corrected chi connectivity index (χ1v) is 7.54. The summed E-state index contributed by atoms with van der Waals surface area (Å²) >= 11 is 0. The van der Waals surface area contributed by atoms with E-state index in [9.17, 15) is 9.59 Å². The van der Waals surface area contributed by atoms with E-state index in [0.717, 1.165) is 18.4 Å². The summed E-state index contributed by atoms with van der Waals surface area (Å²) in [7, 11) is 0. The van der Waals surface area contributed by atoms with Crippen molar-refractivity contribution in [1.29, 1.82) is 0 Å². The third kappa shape index (κ3) is 3.15. The summed E-state index contributed by atoms with van der Waals surface area (Å²) in [6, 6.07) is 11.1. The van der Waals surface area contributed by atoms with E-state index in [1.54, 1.807) is 6.07 Å². The minimum absolute atomic E-state index is 0.0964. The third-order valence-electron chi connectivity index (χ3n) is 3.95. The molecule has 2 aromatic rings.